The van der Waals surface area contributed by atoms with Gasteiger partial charge in [-0.2, -0.15) is 0 Å². The van der Waals surface area contributed by atoms with Gasteiger partial charge in [0.25, 0.3) is 0 Å². The maximum absolute atomic E-state index is 5.67. The van der Waals surface area contributed by atoms with Crippen molar-refractivity contribution < 1.29 is 4.74 Å². The molecule has 0 aromatic heterocycles. The number of ether oxygens (including phenoxy) is 1. The molecule has 0 radical (unpaired) electrons. The third-order valence-electron chi connectivity index (χ3n) is 3.08. The van der Waals surface area contributed by atoms with Crippen LogP contribution in [-0.4, -0.2) is 44.2 Å². The van der Waals surface area contributed by atoms with Crippen molar-refractivity contribution in [3.05, 3.63) is 35.9 Å². The molecule has 1 aromatic carbocycles. The number of benzene rings is 1. The maximum Gasteiger partial charge on any atom is 0.0716 e. The summed E-state index contributed by atoms with van der Waals surface area (Å²) >= 11 is 0. The zero-order chi connectivity index (χ0) is 11.8. The first-order valence-corrected chi connectivity index (χ1v) is 6.50. The minimum atomic E-state index is 0.738. The number of nitrogens with one attached hydrogen (secondary N) is 1. The normalized spacial score (nSPS) is 17.2. The summed E-state index contributed by atoms with van der Waals surface area (Å²) in [6.45, 7) is 7.38. The summed E-state index contributed by atoms with van der Waals surface area (Å²) in [6.07, 6.45) is 1.13. The standard InChI is InChI=1S/C14H22N2O/c1-2-5-14(6-3-1)13-17-12-4-9-16-10-7-15-8-11-16/h1-3,5-6,15H,4,7-13H2. The lowest BCUT2D eigenvalue weighted by molar-refractivity contribution is 0.106. The number of hydrogen-bond acceptors (Lipinski definition) is 3. The molecule has 1 aliphatic heterocycles. The molecule has 0 bridgehead atoms. The van der Waals surface area contributed by atoms with E-state index in [1.54, 1.807) is 0 Å². The second kappa shape index (κ2) is 7.43. The summed E-state index contributed by atoms with van der Waals surface area (Å²) in [6, 6.07) is 10.4. The van der Waals surface area contributed by atoms with E-state index >= 15 is 0 Å². The molecule has 0 unspecified atom stereocenters. The first kappa shape index (κ1) is 12.6. The lowest BCUT2D eigenvalue weighted by Crippen LogP contribution is -2.43. The molecule has 1 fully saturated rings. The molecule has 94 valence electrons. The first-order valence-electron chi connectivity index (χ1n) is 6.50. The van der Waals surface area contributed by atoms with E-state index in [2.05, 4.69) is 34.5 Å². The van der Waals surface area contributed by atoms with Crippen molar-refractivity contribution in [3.8, 4) is 0 Å². The monoisotopic (exact) mass is 234 g/mol. The Kier molecular flexibility index (Phi) is 5.49. The molecule has 0 aliphatic carbocycles. The van der Waals surface area contributed by atoms with Gasteiger partial charge >= 0.3 is 0 Å². The van der Waals surface area contributed by atoms with Gasteiger partial charge in [-0.15, -0.1) is 0 Å². The highest BCUT2D eigenvalue weighted by molar-refractivity contribution is 5.13. The van der Waals surface area contributed by atoms with Crippen LogP contribution >= 0.6 is 0 Å². The molecule has 1 aromatic rings. The van der Waals surface area contributed by atoms with E-state index in [1.165, 1.54) is 18.7 Å². The Hall–Kier alpha value is -0.900. The second-order valence-electron chi connectivity index (χ2n) is 4.48. The van der Waals surface area contributed by atoms with Crippen LogP contribution in [0.15, 0.2) is 30.3 Å². The Bertz CT molecular complexity index is 296. The van der Waals surface area contributed by atoms with Gasteiger partial charge in [-0.05, 0) is 12.0 Å². The van der Waals surface area contributed by atoms with Crippen molar-refractivity contribution in [2.75, 3.05) is 39.3 Å². The van der Waals surface area contributed by atoms with Gasteiger partial charge in [0, 0.05) is 39.3 Å². The van der Waals surface area contributed by atoms with E-state index in [0.29, 0.717) is 0 Å². The van der Waals surface area contributed by atoms with Crippen LogP contribution in [-0.2, 0) is 11.3 Å². The lowest BCUT2D eigenvalue weighted by Gasteiger charge is -2.26. The zero-order valence-electron chi connectivity index (χ0n) is 10.4. The van der Waals surface area contributed by atoms with Gasteiger partial charge in [0.2, 0.25) is 0 Å². The molecule has 0 atom stereocenters. The summed E-state index contributed by atoms with van der Waals surface area (Å²) in [7, 11) is 0. The second-order valence-corrected chi connectivity index (χ2v) is 4.48. The Morgan fingerprint density at radius 2 is 1.88 bits per heavy atom. The first-order chi connectivity index (χ1) is 8.45. The Morgan fingerprint density at radius 1 is 1.12 bits per heavy atom. The van der Waals surface area contributed by atoms with Crippen molar-refractivity contribution in [1.82, 2.24) is 10.2 Å². The van der Waals surface area contributed by atoms with E-state index in [9.17, 15) is 0 Å². The fourth-order valence-electron chi connectivity index (χ4n) is 2.09. The van der Waals surface area contributed by atoms with E-state index in [1.807, 2.05) is 6.07 Å². The molecule has 17 heavy (non-hydrogen) atoms. The molecule has 3 heteroatoms. The van der Waals surface area contributed by atoms with Gasteiger partial charge in [0.15, 0.2) is 0 Å². The van der Waals surface area contributed by atoms with Gasteiger partial charge in [0.05, 0.1) is 6.61 Å². The summed E-state index contributed by atoms with van der Waals surface area (Å²) in [5, 5.41) is 3.36. The highest BCUT2D eigenvalue weighted by Gasteiger charge is 2.07. The van der Waals surface area contributed by atoms with Crippen LogP contribution < -0.4 is 5.32 Å². The van der Waals surface area contributed by atoms with Crippen molar-refractivity contribution >= 4 is 0 Å². The molecule has 0 spiro atoms. The Labute approximate surface area is 104 Å². The van der Waals surface area contributed by atoms with Crippen LogP contribution in [0.1, 0.15) is 12.0 Å². The maximum atomic E-state index is 5.67. The van der Waals surface area contributed by atoms with Crippen LogP contribution in [0.25, 0.3) is 0 Å². The molecule has 1 aliphatic rings. The average molecular weight is 234 g/mol. The minimum Gasteiger partial charge on any atom is -0.377 e. The Balaban J connectivity index is 1.51. The fraction of sp³-hybridized carbons (Fsp3) is 0.571. The zero-order valence-corrected chi connectivity index (χ0v) is 10.4. The smallest absolute Gasteiger partial charge is 0.0716 e. The van der Waals surface area contributed by atoms with Crippen molar-refractivity contribution in [3.63, 3.8) is 0 Å². The molecular weight excluding hydrogens is 212 g/mol. The third kappa shape index (κ3) is 4.86. The molecule has 1 saturated heterocycles. The molecule has 0 saturated carbocycles. The number of hydrogen-bond donors (Lipinski definition) is 1. The quantitative estimate of drug-likeness (QED) is 0.755. The van der Waals surface area contributed by atoms with E-state index in [4.69, 9.17) is 4.74 Å². The SMILES string of the molecule is c1ccc(COCCCN2CCNCC2)cc1. The molecular formula is C14H22N2O. The van der Waals surface area contributed by atoms with E-state index < -0.39 is 0 Å². The topological polar surface area (TPSA) is 24.5 Å². The van der Waals surface area contributed by atoms with Crippen LogP contribution in [0, 0.1) is 0 Å². The predicted molar refractivity (Wildman–Crippen MR) is 70.0 cm³/mol. The summed E-state index contributed by atoms with van der Waals surface area (Å²) in [5.41, 5.74) is 1.26. The van der Waals surface area contributed by atoms with Gasteiger partial charge in [-0.3, -0.25) is 0 Å². The molecule has 2 rings (SSSR count). The highest BCUT2D eigenvalue weighted by atomic mass is 16.5. The van der Waals surface area contributed by atoms with Crippen molar-refractivity contribution in [2.45, 2.75) is 13.0 Å². The fourth-order valence-corrected chi connectivity index (χ4v) is 2.09. The van der Waals surface area contributed by atoms with Crippen LogP contribution in [0.5, 0.6) is 0 Å². The predicted octanol–water partition coefficient (Wildman–Crippen LogP) is 1.50. The average Bonchev–Trinajstić information content (AvgIpc) is 2.41. The van der Waals surface area contributed by atoms with Crippen LogP contribution in [0.2, 0.25) is 0 Å². The van der Waals surface area contributed by atoms with Crippen LogP contribution in [0.4, 0.5) is 0 Å². The van der Waals surface area contributed by atoms with Gasteiger partial charge in [0.1, 0.15) is 0 Å². The largest absolute Gasteiger partial charge is 0.377 e. The summed E-state index contributed by atoms with van der Waals surface area (Å²) in [4.78, 5) is 2.50. The number of piperazine rings is 1. The van der Waals surface area contributed by atoms with Gasteiger partial charge in [-0.25, -0.2) is 0 Å². The third-order valence-corrected chi connectivity index (χ3v) is 3.08. The van der Waals surface area contributed by atoms with E-state index in [-0.39, 0.29) is 0 Å². The summed E-state index contributed by atoms with van der Waals surface area (Å²) in [5.74, 6) is 0. The number of rotatable bonds is 6. The van der Waals surface area contributed by atoms with Crippen molar-refractivity contribution in [2.24, 2.45) is 0 Å². The van der Waals surface area contributed by atoms with Gasteiger partial charge < -0.3 is 15.0 Å². The number of nitrogens with zero attached hydrogens (tertiary/aromatic N) is 1. The Morgan fingerprint density at radius 3 is 2.65 bits per heavy atom. The molecule has 1 heterocycles. The van der Waals surface area contributed by atoms with Gasteiger partial charge in [-0.1, -0.05) is 30.3 Å². The van der Waals surface area contributed by atoms with Crippen molar-refractivity contribution in [1.29, 1.82) is 0 Å². The summed E-state index contributed by atoms with van der Waals surface area (Å²) < 4.78 is 5.67. The van der Waals surface area contributed by atoms with Crippen LogP contribution in [0.3, 0.4) is 0 Å². The molecule has 1 N–H and O–H groups in total. The molecule has 0 amide bonds. The lowest BCUT2D eigenvalue weighted by atomic mass is 10.2. The highest BCUT2D eigenvalue weighted by Crippen LogP contribution is 2.01. The van der Waals surface area contributed by atoms with E-state index in [0.717, 1.165) is 39.3 Å². The minimum absolute atomic E-state index is 0.738. The molecule has 3 nitrogen and oxygen atoms in total.